The van der Waals surface area contributed by atoms with Crippen molar-refractivity contribution in [2.24, 2.45) is 5.92 Å². The van der Waals surface area contributed by atoms with Gasteiger partial charge in [-0.15, -0.1) is 0 Å². The van der Waals surface area contributed by atoms with Crippen LogP contribution in [0.1, 0.15) is 26.2 Å². The number of rotatable bonds is 5. The smallest absolute Gasteiger partial charge is 0.308 e. The average Bonchev–Trinajstić information content (AvgIpc) is 2.82. The molecule has 0 bridgehead atoms. The Kier molecular flexibility index (Phi) is 4.57. The van der Waals surface area contributed by atoms with Gasteiger partial charge in [0.05, 0.1) is 5.92 Å². The fraction of sp³-hybridized carbons (Fsp3) is 0.400. The number of carboxylic acids is 1. The van der Waals surface area contributed by atoms with E-state index < -0.39 is 11.9 Å². The Labute approximate surface area is 122 Å². The molecule has 2 N–H and O–H groups in total. The number of aliphatic carboxylic acids is 1. The van der Waals surface area contributed by atoms with Gasteiger partial charge in [-0.25, -0.2) is 0 Å². The van der Waals surface area contributed by atoms with Crippen molar-refractivity contribution in [3.05, 3.63) is 24.3 Å². The van der Waals surface area contributed by atoms with Crippen LogP contribution in [0.25, 0.3) is 0 Å². The van der Waals surface area contributed by atoms with Crippen molar-refractivity contribution >= 4 is 29.2 Å². The molecule has 0 radical (unpaired) electrons. The molecule has 1 aliphatic heterocycles. The van der Waals surface area contributed by atoms with Gasteiger partial charge in [-0.1, -0.05) is 6.92 Å². The summed E-state index contributed by atoms with van der Waals surface area (Å²) in [4.78, 5) is 35.7. The summed E-state index contributed by atoms with van der Waals surface area (Å²) >= 11 is 0. The Bertz CT molecular complexity index is 553. The van der Waals surface area contributed by atoms with Gasteiger partial charge in [0.25, 0.3) is 0 Å². The lowest BCUT2D eigenvalue weighted by molar-refractivity contribution is -0.141. The highest BCUT2D eigenvalue weighted by Crippen LogP contribution is 2.26. The minimum Gasteiger partial charge on any atom is -0.481 e. The van der Waals surface area contributed by atoms with Crippen molar-refractivity contribution in [2.75, 3.05) is 16.8 Å². The lowest BCUT2D eigenvalue weighted by Gasteiger charge is -2.16. The standard InChI is InChI=1S/C15H18N2O4/c1-2-3-13(18)16-11-4-6-12(7-5-11)17-9-10(15(20)21)8-14(17)19/h4-7,10H,2-3,8-9H2,1H3,(H,16,18)(H,20,21). The van der Waals surface area contributed by atoms with Crippen molar-refractivity contribution < 1.29 is 19.5 Å². The van der Waals surface area contributed by atoms with Gasteiger partial charge < -0.3 is 15.3 Å². The molecule has 1 fully saturated rings. The number of amides is 2. The number of hydrogen-bond donors (Lipinski definition) is 2. The summed E-state index contributed by atoms with van der Waals surface area (Å²) in [6.07, 6.45) is 1.28. The minimum absolute atomic E-state index is 0.0321. The van der Waals surface area contributed by atoms with Crippen LogP contribution in [0.2, 0.25) is 0 Å². The van der Waals surface area contributed by atoms with Gasteiger partial charge in [0.2, 0.25) is 11.8 Å². The number of benzene rings is 1. The number of hydrogen-bond acceptors (Lipinski definition) is 3. The molecule has 1 saturated heterocycles. The van der Waals surface area contributed by atoms with Gasteiger partial charge in [0.1, 0.15) is 0 Å². The van der Waals surface area contributed by atoms with Crippen molar-refractivity contribution in [3.8, 4) is 0 Å². The Morgan fingerprint density at radius 3 is 2.52 bits per heavy atom. The second-order valence-corrected chi connectivity index (χ2v) is 5.09. The summed E-state index contributed by atoms with van der Waals surface area (Å²) in [5.41, 5.74) is 1.32. The number of nitrogens with zero attached hydrogens (tertiary/aromatic N) is 1. The number of anilines is 2. The molecule has 112 valence electrons. The first kappa shape index (κ1) is 15.0. The van der Waals surface area contributed by atoms with Crippen LogP contribution in [0, 0.1) is 5.92 Å². The molecular weight excluding hydrogens is 272 g/mol. The first-order valence-electron chi connectivity index (χ1n) is 6.94. The third kappa shape index (κ3) is 3.59. The van der Waals surface area contributed by atoms with Gasteiger partial charge in [0, 0.05) is 30.8 Å². The maximum absolute atomic E-state index is 11.8. The molecule has 0 saturated carbocycles. The van der Waals surface area contributed by atoms with E-state index in [2.05, 4.69) is 5.32 Å². The van der Waals surface area contributed by atoms with Gasteiger partial charge in [-0.2, -0.15) is 0 Å². The van der Waals surface area contributed by atoms with Crippen LogP contribution in [0.5, 0.6) is 0 Å². The highest BCUT2D eigenvalue weighted by Gasteiger charge is 2.34. The van der Waals surface area contributed by atoms with Crippen LogP contribution in [0.3, 0.4) is 0 Å². The summed E-state index contributed by atoms with van der Waals surface area (Å²) in [7, 11) is 0. The summed E-state index contributed by atoms with van der Waals surface area (Å²) in [5.74, 6) is -1.84. The quantitative estimate of drug-likeness (QED) is 0.866. The topological polar surface area (TPSA) is 86.7 Å². The molecule has 2 amide bonds. The van der Waals surface area contributed by atoms with Gasteiger partial charge >= 0.3 is 5.97 Å². The van der Waals surface area contributed by atoms with Crippen molar-refractivity contribution in [2.45, 2.75) is 26.2 Å². The highest BCUT2D eigenvalue weighted by molar-refractivity contribution is 5.99. The molecule has 1 aromatic rings. The zero-order valence-corrected chi connectivity index (χ0v) is 11.8. The van der Waals surface area contributed by atoms with E-state index in [1.165, 1.54) is 4.90 Å². The van der Waals surface area contributed by atoms with Gasteiger partial charge in [0.15, 0.2) is 0 Å². The number of carboxylic acid groups (broad SMARTS) is 1. The third-order valence-corrected chi connectivity index (χ3v) is 3.41. The predicted octanol–water partition coefficient (Wildman–Crippen LogP) is 1.86. The van der Waals surface area contributed by atoms with E-state index in [0.29, 0.717) is 17.8 Å². The second kappa shape index (κ2) is 6.39. The molecule has 0 spiro atoms. The zero-order valence-electron chi connectivity index (χ0n) is 11.8. The van der Waals surface area contributed by atoms with E-state index in [4.69, 9.17) is 5.11 Å². The maximum Gasteiger partial charge on any atom is 0.308 e. The first-order chi connectivity index (χ1) is 10.0. The predicted molar refractivity (Wildman–Crippen MR) is 78.1 cm³/mol. The van der Waals surface area contributed by atoms with Gasteiger partial charge in [-0.05, 0) is 30.7 Å². The molecule has 21 heavy (non-hydrogen) atoms. The molecule has 1 aromatic carbocycles. The lowest BCUT2D eigenvalue weighted by atomic mass is 10.1. The van der Waals surface area contributed by atoms with E-state index in [9.17, 15) is 14.4 Å². The summed E-state index contributed by atoms with van der Waals surface area (Å²) in [6.45, 7) is 2.12. The number of nitrogens with one attached hydrogen (secondary N) is 1. The lowest BCUT2D eigenvalue weighted by Crippen LogP contribution is -2.25. The van der Waals surface area contributed by atoms with E-state index >= 15 is 0 Å². The largest absolute Gasteiger partial charge is 0.481 e. The first-order valence-corrected chi connectivity index (χ1v) is 6.94. The summed E-state index contributed by atoms with van der Waals surface area (Å²) in [5, 5.41) is 11.7. The molecule has 2 rings (SSSR count). The third-order valence-electron chi connectivity index (χ3n) is 3.41. The van der Waals surface area contributed by atoms with Crippen LogP contribution < -0.4 is 10.2 Å². The average molecular weight is 290 g/mol. The highest BCUT2D eigenvalue weighted by atomic mass is 16.4. The number of carbonyl (C=O) groups is 3. The molecule has 0 aromatic heterocycles. The Balaban J connectivity index is 2.04. The second-order valence-electron chi connectivity index (χ2n) is 5.09. The molecule has 1 unspecified atom stereocenters. The normalized spacial score (nSPS) is 17.9. The Morgan fingerprint density at radius 2 is 2.00 bits per heavy atom. The van der Waals surface area contributed by atoms with Crippen LogP contribution in [-0.4, -0.2) is 29.4 Å². The summed E-state index contributed by atoms with van der Waals surface area (Å²) in [6, 6.07) is 6.85. The van der Waals surface area contributed by atoms with Crippen LogP contribution in [-0.2, 0) is 14.4 Å². The van der Waals surface area contributed by atoms with Crippen molar-refractivity contribution in [1.82, 2.24) is 0 Å². The summed E-state index contributed by atoms with van der Waals surface area (Å²) < 4.78 is 0. The molecule has 1 atom stereocenters. The SMILES string of the molecule is CCCC(=O)Nc1ccc(N2CC(C(=O)O)CC2=O)cc1. The maximum atomic E-state index is 11.8. The van der Waals surface area contributed by atoms with E-state index in [1.807, 2.05) is 6.92 Å². The van der Waals surface area contributed by atoms with Gasteiger partial charge in [-0.3, -0.25) is 14.4 Å². The van der Waals surface area contributed by atoms with Crippen LogP contribution in [0.4, 0.5) is 11.4 Å². The number of carbonyl (C=O) groups excluding carboxylic acids is 2. The van der Waals surface area contributed by atoms with E-state index in [1.54, 1.807) is 24.3 Å². The molecule has 0 aliphatic carbocycles. The molecule has 6 heteroatoms. The van der Waals surface area contributed by atoms with Crippen LogP contribution in [0.15, 0.2) is 24.3 Å². The minimum atomic E-state index is -0.950. The molecule has 6 nitrogen and oxygen atoms in total. The fourth-order valence-electron chi connectivity index (χ4n) is 2.30. The van der Waals surface area contributed by atoms with Crippen LogP contribution >= 0.6 is 0 Å². The van der Waals surface area contributed by atoms with Crippen molar-refractivity contribution in [3.63, 3.8) is 0 Å². The molecular formula is C15H18N2O4. The monoisotopic (exact) mass is 290 g/mol. The Morgan fingerprint density at radius 1 is 1.33 bits per heavy atom. The van der Waals surface area contributed by atoms with Crippen molar-refractivity contribution in [1.29, 1.82) is 0 Å². The van der Waals surface area contributed by atoms with E-state index in [-0.39, 0.29) is 24.8 Å². The van der Waals surface area contributed by atoms with E-state index in [0.717, 1.165) is 6.42 Å². The Hall–Kier alpha value is -2.37. The molecule has 1 heterocycles. The zero-order chi connectivity index (χ0) is 15.4. The fourth-order valence-corrected chi connectivity index (χ4v) is 2.30. The molecule has 1 aliphatic rings.